The number of nitrogens with one attached hydrogen (secondary N) is 2. The molecule has 8 heteroatoms. The number of hydrogen-bond acceptors (Lipinski definition) is 3. The summed E-state index contributed by atoms with van der Waals surface area (Å²) in [4.78, 5) is 5.94. The highest BCUT2D eigenvalue weighted by Gasteiger charge is 2.34. The van der Waals surface area contributed by atoms with Crippen molar-refractivity contribution in [3.05, 3.63) is 29.8 Å². The summed E-state index contributed by atoms with van der Waals surface area (Å²) in [5, 5.41) is 6.37. The van der Waals surface area contributed by atoms with Crippen LogP contribution in [-0.4, -0.2) is 56.4 Å². The van der Waals surface area contributed by atoms with Gasteiger partial charge in [-0.15, -0.1) is 0 Å². The second kappa shape index (κ2) is 8.94. The summed E-state index contributed by atoms with van der Waals surface area (Å²) in [6.45, 7) is 3.08. The molecule has 140 valence electrons. The van der Waals surface area contributed by atoms with Crippen LogP contribution in [0.4, 0.5) is 13.2 Å². The van der Waals surface area contributed by atoms with Crippen LogP contribution in [-0.2, 0) is 6.54 Å². The Balaban J connectivity index is 1.89. The van der Waals surface area contributed by atoms with E-state index in [4.69, 9.17) is 4.74 Å². The van der Waals surface area contributed by atoms with E-state index < -0.39 is 12.7 Å². The van der Waals surface area contributed by atoms with E-state index in [0.29, 0.717) is 38.6 Å². The van der Waals surface area contributed by atoms with Crippen LogP contribution in [0.1, 0.15) is 18.9 Å². The maximum Gasteiger partial charge on any atom is 0.401 e. The number of alkyl halides is 3. The minimum absolute atomic E-state index is 0.0315. The Morgan fingerprint density at radius 1 is 1.32 bits per heavy atom. The summed E-state index contributed by atoms with van der Waals surface area (Å²) in [5.41, 5.74) is 1.03. The third-order valence-corrected chi connectivity index (χ3v) is 3.94. The Kier molecular flexibility index (Phi) is 6.92. The van der Waals surface area contributed by atoms with Gasteiger partial charge in [0.25, 0.3) is 0 Å². The zero-order valence-corrected chi connectivity index (χ0v) is 14.6. The monoisotopic (exact) mass is 358 g/mol. The van der Waals surface area contributed by atoms with Gasteiger partial charge in [-0.3, -0.25) is 4.90 Å². The number of halogens is 3. The highest BCUT2D eigenvalue weighted by atomic mass is 19.4. The van der Waals surface area contributed by atoms with E-state index >= 15 is 0 Å². The SMILES string of the molecule is CCNC(=NCc1ccc(OC)cc1)NC1CCN(CC(F)(F)F)C1. The number of rotatable bonds is 6. The zero-order chi connectivity index (χ0) is 18.3. The molecule has 1 aromatic rings. The molecule has 1 unspecified atom stereocenters. The molecule has 0 amide bonds. The molecule has 2 N–H and O–H groups in total. The number of guanidine groups is 1. The van der Waals surface area contributed by atoms with Gasteiger partial charge in [-0.25, -0.2) is 4.99 Å². The largest absolute Gasteiger partial charge is 0.497 e. The first-order valence-corrected chi connectivity index (χ1v) is 8.36. The van der Waals surface area contributed by atoms with Gasteiger partial charge < -0.3 is 15.4 Å². The van der Waals surface area contributed by atoms with Crippen molar-refractivity contribution in [1.82, 2.24) is 15.5 Å². The van der Waals surface area contributed by atoms with Gasteiger partial charge in [0.1, 0.15) is 5.75 Å². The van der Waals surface area contributed by atoms with Crippen molar-refractivity contribution < 1.29 is 17.9 Å². The molecule has 1 fully saturated rings. The Hall–Kier alpha value is -1.96. The molecular weight excluding hydrogens is 333 g/mol. The second-order valence-electron chi connectivity index (χ2n) is 6.02. The predicted octanol–water partition coefficient (Wildman–Crippen LogP) is 2.39. The smallest absolute Gasteiger partial charge is 0.401 e. The number of likely N-dealkylation sites (tertiary alicyclic amines) is 1. The first-order chi connectivity index (χ1) is 11.9. The van der Waals surface area contributed by atoms with Crippen LogP contribution < -0.4 is 15.4 Å². The van der Waals surface area contributed by atoms with Gasteiger partial charge in [-0.2, -0.15) is 13.2 Å². The van der Waals surface area contributed by atoms with E-state index in [0.717, 1.165) is 11.3 Å². The van der Waals surface area contributed by atoms with E-state index in [-0.39, 0.29) is 6.04 Å². The Morgan fingerprint density at radius 2 is 2.04 bits per heavy atom. The standard InChI is InChI=1S/C17H25F3N4O/c1-3-21-16(22-10-13-4-6-15(25-2)7-5-13)23-14-8-9-24(11-14)12-17(18,19)20/h4-7,14H,3,8-12H2,1-2H3,(H2,21,22,23). The molecule has 0 saturated carbocycles. The molecule has 1 saturated heterocycles. The van der Waals surface area contributed by atoms with Crippen LogP contribution in [0.5, 0.6) is 5.75 Å². The summed E-state index contributed by atoms with van der Waals surface area (Å²) >= 11 is 0. The lowest BCUT2D eigenvalue weighted by Gasteiger charge is -2.19. The van der Waals surface area contributed by atoms with Crippen molar-refractivity contribution in [2.24, 2.45) is 4.99 Å². The molecule has 1 heterocycles. The number of methoxy groups -OCH3 is 1. The van der Waals surface area contributed by atoms with Crippen LogP contribution in [0.15, 0.2) is 29.3 Å². The lowest BCUT2D eigenvalue weighted by Crippen LogP contribution is -2.45. The van der Waals surface area contributed by atoms with Crippen LogP contribution in [0, 0.1) is 0 Å². The summed E-state index contributed by atoms with van der Waals surface area (Å²) in [5.74, 6) is 1.41. The van der Waals surface area contributed by atoms with Gasteiger partial charge in [0, 0.05) is 25.7 Å². The summed E-state index contributed by atoms with van der Waals surface area (Å²) in [7, 11) is 1.62. The van der Waals surface area contributed by atoms with Crippen molar-refractivity contribution in [1.29, 1.82) is 0 Å². The van der Waals surface area contributed by atoms with Gasteiger partial charge in [0.15, 0.2) is 5.96 Å². The zero-order valence-electron chi connectivity index (χ0n) is 14.6. The molecule has 1 aromatic carbocycles. The maximum absolute atomic E-state index is 12.5. The molecule has 25 heavy (non-hydrogen) atoms. The maximum atomic E-state index is 12.5. The third-order valence-electron chi connectivity index (χ3n) is 3.94. The molecule has 0 aromatic heterocycles. The molecule has 5 nitrogen and oxygen atoms in total. The number of ether oxygens (including phenoxy) is 1. The van der Waals surface area contributed by atoms with Crippen molar-refractivity contribution in [2.75, 3.05) is 33.3 Å². The molecule has 1 aliphatic rings. The first-order valence-electron chi connectivity index (χ1n) is 8.36. The van der Waals surface area contributed by atoms with E-state index in [1.807, 2.05) is 31.2 Å². The van der Waals surface area contributed by atoms with Gasteiger partial charge in [-0.1, -0.05) is 12.1 Å². The second-order valence-corrected chi connectivity index (χ2v) is 6.02. The van der Waals surface area contributed by atoms with Crippen molar-refractivity contribution in [2.45, 2.75) is 32.1 Å². The number of nitrogens with zero attached hydrogens (tertiary/aromatic N) is 2. The van der Waals surface area contributed by atoms with E-state index in [2.05, 4.69) is 15.6 Å². The summed E-state index contributed by atoms with van der Waals surface area (Å²) in [6, 6.07) is 7.59. The molecule has 1 atom stereocenters. The lowest BCUT2D eigenvalue weighted by atomic mass is 10.2. The van der Waals surface area contributed by atoms with Crippen molar-refractivity contribution in [3.8, 4) is 5.75 Å². The normalized spacial score (nSPS) is 19.1. The van der Waals surface area contributed by atoms with Crippen LogP contribution in [0.25, 0.3) is 0 Å². The minimum Gasteiger partial charge on any atom is -0.497 e. The Morgan fingerprint density at radius 3 is 2.64 bits per heavy atom. The summed E-state index contributed by atoms with van der Waals surface area (Å²) < 4.78 is 42.5. The number of hydrogen-bond donors (Lipinski definition) is 2. The van der Waals surface area contributed by atoms with Gasteiger partial charge in [0.05, 0.1) is 20.2 Å². The molecule has 0 radical (unpaired) electrons. The molecule has 2 rings (SSSR count). The number of benzene rings is 1. The highest BCUT2D eigenvalue weighted by molar-refractivity contribution is 5.80. The van der Waals surface area contributed by atoms with E-state index in [9.17, 15) is 13.2 Å². The predicted molar refractivity (Wildman–Crippen MR) is 91.8 cm³/mol. The van der Waals surface area contributed by atoms with Gasteiger partial charge in [0.2, 0.25) is 0 Å². The molecule has 0 bridgehead atoms. The average molecular weight is 358 g/mol. The van der Waals surface area contributed by atoms with Crippen LogP contribution in [0.2, 0.25) is 0 Å². The third kappa shape index (κ3) is 6.81. The molecule has 0 aliphatic carbocycles. The van der Waals surface area contributed by atoms with Gasteiger partial charge in [-0.05, 0) is 31.0 Å². The van der Waals surface area contributed by atoms with E-state index in [1.165, 1.54) is 4.90 Å². The lowest BCUT2D eigenvalue weighted by molar-refractivity contribution is -0.143. The Bertz CT molecular complexity index is 560. The summed E-state index contributed by atoms with van der Waals surface area (Å²) in [6.07, 6.45) is -3.48. The molecular formula is C17H25F3N4O. The number of aliphatic imine (C=N–C) groups is 1. The fourth-order valence-electron chi connectivity index (χ4n) is 2.76. The minimum atomic E-state index is -4.15. The van der Waals surface area contributed by atoms with E-state index in [1.54, 1.807) is 7.11 Å². The average Bonchev–Trinajstić information content (AvgIpc) is 2.98. The van der Waals surface area contributed by atoms with Crippen molar-refractivity contribution >= 4 is 5.96 Å². The topological polar surface area (TPSA) is 48.9 Å². The van der Waals surface area contributed by atoms with Crippen LogP contribution in [0.3, 0.4) is 0 Å². The van der Waals surface area contributed by atoms with Crippen LogP contribution >= 0.6 is 0 Å². The highest BCUT2D eigenvalue weighted by Crippen LogP contribution is 2.20. The quantitative estimate of drug-likeness (QED) is 0.606. The molecule has 1 aliphatic heterocycles. The van der Waals surface area contributed by atoms with Gasteiger partial charge >= 0.3 is 6.18 Å². The molecule has 0 spiro atoms. The fraction of sp³-hybridized carbons (Fsp3) is 0.588. The van der Waals surface area contributed by atoms with Crippen molar-refractivity contribution in [3.63, 3.8) is 0 Å². The Labute approximate surface area is 146 Å². The first kappa shape index (κ1) is 19.4. The fourth-order valence-corrected chi connectivity index (χ4v) is 2.76.